The van der Waals surface area contributed by atoms with Gasteiger partial charge in [-0.15, -0.1) is 0 Å². The van der Waals surface area contributed by atoms with Gasteiger partial charge in [-0.25, -0.2) is 4.79 Å². The average Bonchev–Trinajstić information content (AvgIpc) is 2.20. The van der Waals surface area contributed by atoms with E-state index in [0.29, 0.717) is 12.8 Å². The third kappa shape index (κ3) is 6.77. The Morgan fingerprint density at radius 1 is 1.06 bits per heavy atom. The van der Waals surface area contributed by atoms with Crippen LogP contribution in [0.15, 0.2) is 0 Å². The molecule has 16 heavy (non-hydrogen) atoms. The summed E-state index contributed by atoms with van der Waals surface area (Å²) in [4.78, 5) is 31.7. The van der Waals surface area contributed by atoms with Crippen molar-refractivity contribution in [2.45, 2.75) is 31.7 Å². The molecule has 0 fully saturated rings. The van der Waals surface area contributed by atoms with Gasteiger partial charge in [-0.05, 0) is 12.8 Å². The van der Waals surface area contributed by atoms with Gasteiger partial charge in [-0.1, -0.05) is 0 Å². The summed E-state index contributed by atoms with van der Waals surface area (Å²) in [7, 11) is 0. The first-order chi connectivity index (χ1) is 7.47. The third-order valence-corrected chi connectivity index (χ3v) is 1.86. The SMILES string of the molecule is O=C(O)CCCCC(=O)N[C@@H](CO)C(=O)O. The molecular formula is C9H15NO6. The van der Waals surface area contributed by atoms with E-state index in [1.165, 1.54) is 0 Å². The van der Waals surface area contributed by atoms with Gasteiger partial charge in [0.15, 0.2) is 0 Å². The van der Waals surface area contributed by atoms with Crippen LogP contribution in [0.2, 0.25) is 0 Å². The van der Waals surface area contributed by atoms with E-state index in [1.54, 1.807) is 0 Å². The molecule has 0 rings (SSSR count). The minimum atomic E-state index is -1.30. The second-order valence-electron chi connectivity index (χ2n) is 3.24. The summed E-state index contributed by atoms with van der Waals surface area (Å²) < 4.78 is 0. The maximum absolute atomic E-state index is 11.1. The maximum Gasteiger partial charge on any atom is 0.328 e. The van der Waals surface area contributed by atoms with Crippen LogP contribution in [0, 0.1) is 0 Å². The van der Waals surface area contributed by atoms with E-state index in [-0.39, 0.29) is 12.8 Å². The molecule has 7 heteroatoms. The Labute approximate surface area is 92.1 Å². The number of amides is 1. The van der Waals surface area contributed by atoms with Crippen molar-refractivity contribution >= 4 is 17.8 Å². The van der Waals surface area contributed by atoms with Crippen molar-refractivity contribution in [2.24, 2.45) is 0 Å². The van der Waals surface area contributed by atoms with Crippen molar-refractivity contribution in [3.63, 3.8) is 0 Å². The molecule has 0 saturated heterocycles. The molecule has 0 heterocycles. The van der Waals surface area contributed by atoms with Gasteiger partial charge in [0.1, 0.15) is 6.04 Å². The Morgan fingerprint density at radius 2 is 1.62 bits per heavy atom. The van der Waals surface area contributed by atoms with Crippen LogP contribution in [0.1, 0.15) is 25.7 Å². The lowest BCUT2D eigenvalue weighted by molar-refractivity contribution is -0.142. The van der Waals surface area contributed by atoms with Crippen molar-refractivity contribution < 1.29 is 29.7 Å². The largest absolute Gasteiger partial charge is 0.481 e. The van der Waals surface area contributed by atoms with Crippen LogP contribution in [0.4, 0.5) is 0 Å². The summed E-state index contributed by atoms with van der Waals surface area (Å²) in [5.74, 6) is -2.74. The number of nitrogens with one attached hydrogen (secondary N) is 1. The quantitative estimate of drug-likeness (QED) is 0.406. The lowest BCUT2D eigenvalue weighted by atomic mass is 10.2. The zero-order valence-corrected chi connectivity index (χ0v) is 8.68. The predicted octanol–water partition coefficient (Wildman–Crippen LogP) is -0.807. The first-order valence-corrected chi connectivity index (χ1v) is 4.82. The zero-order chi connectivity index (χ0) is 12.6. The fraction of sp³-hybridized carbons (Fsp3) is 0.667. The van der Waals surface area contributed by atoms with E-state index < -0.39 is 30.5 Å². The number of carboxylic acids is 2. The van der Waals surface area contributed by atoms with Crippen molar-refractivity contribution in [3.8, 4) is 0 Å². The number of rotatable bonds is 8. The van der Waals surface area contributed by atoms with E-state index >= 15 is 0 Å². The predicted molar refractivity (Wildman–Crippen MR) is 52.8 cm³/mol. The van der Waals surface area contributed by atoms with Gasteiger partial charge in [0, 0.05) is 12.8 Å². The first-order valence-electron chi connectivity index (χ1n) is 4.82. The molecule has 0 aromatic heterocycles. The van der Waals surface area contributed by atoms with E-state index in [1.807, 2.05) is 0 Å². The summed E-state index contributed by atoms with van der Waals surface area (Å²) in [6.07, 6.45) is 0.766. The van der Waals surface area contributed by atoms with Crippen LogP contribution in [-0.4, -0.2) is 45.8 Å². The van der Waals surface area contributed by atoms with Crippen LogP contribution < -0.4 is 5.32 Å². The van der Waals surface area contributed by atoms with Gasteiger partial charge in [0.25, 0.3) is 0 Å². The number of aliphatic hydroxyl groups excluding tert-OH is 1. The number of carbonyl (C=O) groups excluding carboxylic acids is 1. The lowest BCUT2D eigenvalue weighted by Crippen LogP contribution is -2.43. The normalized spacial score (nSPS) is 11.8. The Bertz CT molecular complexity index is 265. The molecule has 0 aromatic rings. The Morgan fingerprint density at radius 3 is 2.06 bits per heavy atom. The zero-order valence-electron chi connectivity index (χ0n) is 8.68. The van der Waals surface area contributed by atoms with Crippen LogP contribution in [0.25, 0.3) is 0 Å². The van der Waals surface area contributed by atoms with E-state index in [9.17, 15) is 14.4 Å². The molecule has 0 bridgehead atoms. The molecule has 0 aromatic carbocycles. The molecule has 0 saturated carbocycles. The van der Waals surface area contributed by atoms with Crippen molar-refractivity contribution in [2.75, 3.05) is 6.61 Å². The molecule has 1 amide bonds. The highest BCUT2D eigenvalue weighted by Crippen LogP contribution is 2.00. The minimum absolute atomic E-state index is 0.0182. The fourth-order valence-corrected chi connectivity index (χ4v) is 1.01. The molecule has 0 spiro atoms. The fourth-order valence-electron chi connectivity index (χ4n) is 1.01. The van der Waals surface area contributed by atoms with Gasteiger partial charge in [-0.2, -0.15) is 0 Å². The highest BCUT2D eigenvalue weighted by molar-refractivity contribution is 5.83. The van der Waals surface area contributed by atoms with Gasteiger partial charge < -0.3 is 20.6 Å². The lowest BCUT2D eigenvalue weighted by Gasteiger charge is -2.11. The molecule has 0 radical (unpaired) electrons. The van der Waals surface area contributed by atoms with E-state index in [4.69, 9.17) is 15.3 Å². The van der Waals surface area contributed by atoms with Crippen LogP contribution in [0.5, 0.6) is 0 Å². The molecule has 0 aliphatic carbocycles. The number of carboxylic acid groups (broad SMARTS) is 2. The number of aliphatic hydroxyl groups is 1. The molecule has 7 nitrogen and oxygen atoms in total. The Balaban J connectivity index is 3.73. The molecule has 0 aliphatic rings. The van der Waals surface area contributed by atoms with Crippen LogP contribution >= 0.6 is 0 Å². The highest BCUT2D eigenvalue weighted by atomic mass is 16.4. The monoisotopic (exact) mass is 233 g/mol. The summed E-state index contributed by atoms with van der Waals surface area (Å²) >= 11 is 0. The first kappa shape index (κ1) is 14.4. The Kier molecular flexibility index (Phi) is 6.86. The number of hydrogen-bond donors (Lipinski definition) is 4. The molecule has 92 valence electrons. The molecule has 0 unspecified atom stereocenters. The molecule has 4 N–H and O–H groups in total. The maximum atomic E-state index is 11.1. The second-order valence-corrected chi connectivity index (χ2v) is 3.24. The highest BCUT2D eigenvalue weighted by Gasteiger charge is 2.18. The van der Waals surface area contributed by atoms with Crippen LogP contribution in [-0.2, 0) is 14.4 Å². The summed E-state index contributed by atoms with van der Waals surface area (Å²) in [5, 5.41) is 27.6. The molecular weight excluding hydrogens is 218 g/mol. The Hall–Kier alpha value is -1.63. The standard InChI is InChI=1S/C9H15NO6/c11-5-6(9(15)16)10-7(12)3-1-2-4-8(13)14/h6,11H,1-5H2,(H,10,12)(H,13,14)(H,15,16)/t6-/m0/s1. The molecule has 0 aliphatic heterocycles. The van der Waals surface area contributed by atoms with Gasteiger partial charge in [-0.3, -0.25) is 9.59 Å². The average molecular weight is 233 g/mol. The number of hydrogen-bond acceptors (Lipinski definition) is 4. The van der Waals surface area contributed by atoms with E-state index in [2.05, 4.69) is 5.32 Å². The smallest absolute Gasteiger partial charge is 0.328 e. The van der Waals surface area contributed by atoms with Gasteiger partial charge in [0.05, 0.1) is 6.61 Å². The summed E-state index contributed by atoms with van der Waals surface area (Å²) in [6, 6.07) is -1.30. The number of unbranched alkanes of at least 4 members (excludes halogenated alkanes) is 1. The van der Waals surface area contributed by atoms with Crippen molar-refractivity contribution in [1.29, 1.82) is 0 Å². The van der Waals surface area contributed by atoms with Gasteiger partial charge in [0.2, 0.25) is 5.91 Å². The number of aliphatic carboxylic acids is 2. The van der Waals surface area contributed by atoms with Crippen molar-refractivity contribution in [3.05, 3.63) is 0 Å². The molecule has 1 atom stereocenters. The summed E-state index contributed by atoms with van der Waals surface area (Å²) in [6.45, 7) is -0.670. The number of carbonyl (C=O) groups is 3. The van der Waals surface area contributed by atoms with Crippen LogP contribution in [0.3, 0.4) is 0 Å². The third-order valence-electron chi connectivity index (χ3n) is 1.86. The minimum Gasteiger partial charge on any atom is -0.481 e. The second kappa shape index (κ2) is 7.63. The summed E-state index contributed by atoms with van der Waals surface area (Å²) in [5.41, 5.74) is 0. The van der Waals surface area contributed by atoms with Gasteiger partial charge >= 0.3 is 11.9 Å². The topological polar surface area (TPSA) is 124 Å². The van der Waals surface area contributed by atoms with Crippen molar-refractivity contribution in [1.82, 2.24) is 5.32 Å². The van der Waals surface area contributed by atoms with E-state index in [0.717, 1.165) is 0 Å².